The second-order valence-corrected chi connectivity index (χ2v) is 10.4. The maximum absolute atomic E-state index is 13.0. The number of hydrogen-bond donors (Lipinski definition) is 2. The van der Waals surface area contributed by atoms with Gasteiger partial charge in [0.25, 0.3) is 11.8 Å². The predicted octanol–water partition coefficient (Wildman–Crippen LogP) is 6.02. The Kier molecular flexibility index (Phi) is 8.28. The normalized spacial score (nSPS) is 15.3. The number of esters is 1. The Morgan fingerprint density at radius 3 is 2.51 bits per heavy atom. The van der Waals surface area contributed by atoms with Crippen molar-refractivity contribution in [1.29, 1.82) is 0 Å². The lowest BCUT2D eigenvalue weighted by Crippen LogP contribution is -2.30. The van der Waals surface area contributed by atoms with E-state index in [1.54, 1.807) is 38.1 Å². The summed E-state index contributed by atoms with van der Waals surface area (Å²) in [5, 5.41) is 6.32. The van der Waals surface area contributed by atoms with Crippen molar-refractivity contribution in [3.63, 3.8) is 0 Å². The van der Waals surface area contributed by atoms with Gasteiger partial charge in [-0.05, 0) is 87.4 Å². The van der Waals surface area contributed by atoms with E-state index in [9.17, 15) is 14.4 Å². The van der Waals surface area contributed by atoms with Gasteiger partial charge in [0.2, 0.25) is 0 Å². The Morgan fingerprint density at radius 1 is 1.08 bits per heavy atom. The van der Waals surface area contributed by atoms with Gasteiger partial charge in [-0.1, -0.05) is 25.1 Å². The van der Waals surface area contributed by atoms with Crippen LogP contribution in [0.1, 0.15) is 63.9 Å². The molecule has 1 aliphatic carbocycles. The highest BCUT2D eigenvalue weighted by atomic mass is 32.1. The fourth-order valence-corrected chi connectivity index (χ4v) is 5.72. The zero-order valence-electron chi connectivity index (χ0n) is 21.6. The molecule has 1 aliphatic rings. The summed E-state index contributed by atoms with van der Waals surface area (Å²) in [6.45, 7) is 7.84. The van der Waals surface area contributed by atoms with Crippen molar-refractivity contribution in [2.24, 2.45) is 5.92 Å². The van der Waals surface area contributed by atoms with E-state index in [1.807, 2.05) is 31.2 Å². The topological polar surface area (TPSA) is 93.7 Å². The molecule has 8 heteroatoms. The SMILES string of the molecule is CCOC(=O)c1c(NC(=O)c2ccc(OC(C)C(=O)Nc3ccccc3C)cc2)sc2c1CCC(C)C2. The number of ether oxygens (including phenoxy) is 2. The van der Waals surface area contributed by atoms with Crippen LogP contribution in [-0.4, -0.2) is 30.5 Å². The van der Waals surface area contributed by atoms with Crippen LogP contribution in [0.3, 0.4) is 0 Å². The zero-order valence-corrected chi connectivity index (χ0v) is 22.4. The highest BCUT2D eigenvalue weighted by Crippen LogP contribution is 2.40. The summed E-state index contributed by atoms with van der Waals surface area (Å²) in [5.74, 6) is 0.0227. The lowest BCUT2D eigenvalue weighted by atomic mass is 9.88. The average molecular weight is 521 g/mol. The number of carbonyl (C=O) groups excluding carboxylic acids is 3. The molecule has 1 aromatic heterocycles. The highest BCUT2D eigenvalue weighted by Gasteiger charge is 2.29. The van der Waals surface area contributed by atoms with E-state index >= 15 is 0 Å². The summed E-state index contributed by atoms with van der Waals surface area (Å²) in [5.41, 5.74) is 3.60. The summed E-state index contributed by atoms with van der Waals surface area (Å²) >= 11 is 1.46. The molecule has 2 amide bonds. The molecule has 0 saturated heterocycles. The number of rotatable bonds is 8. The standard InChI is InChI=1S/C29H32N2O5S/c1-5-35-29(34)25-22-15-10-17(2)16-24(22)37-28(25)31-27(33)20-11-13-21(14-12-20)36-19(4)26(32)30-23-9-7-6-8-18(23)3/h6-9,11-14,17,19H,5,10,15-16H2,1-4H3,(H,30,32)(H,31,33). The molecule has 37 heavy (non-hydrogen) atoms. The second kappa shape index (κ2) is 11.6. The van der Waals surface area contributed by atoms with Crippen LogP contribution in [0, 0.1) is 12.8 Å². The van der Waals surface area contributed by atoms with E-state index in [-0.39, 0.29) is 18.4 Å². The number of carbonyl (C=O) groups is 3. The first kappa shape index (κ1) is 26.4. The van der Waals surface area contributed by atoms with Crippen LogP contribution in [0.15, 0.2) is 48.5 Å². The summed E-state index contributed by atoms with van der Waals surface area (Å²) in [6, 6.07) is 14.1. The number of thiophene rings is 1. The first-order chi connectivity index (χ1) is 17.8. The van der Waals surface area contributed by atoms with Crippen LogP contribution in [0.25, 0.3) is 0 Å². The van der Waals surface area contributed by atoms with Crippen LogP contribution >= 0.6 is 11.3 Å². The molecule has 4 rings (SSSR count). The molecule has 3 aromatic rings. The molecule has 2 N–H and O–H groups in total. The summed E-state index contributed by atoms with van der Waals surface area (Å²) in [4.78, 5) is 39.4. The molecular weight excluding hydrogens is 488 g/mol. The fourth-order valence-electron chi connectivity index (χ4n) is 4.32. The van der Waals surface area contributed by atoms with Crippen molar-refractivity contribution in [3.8, 4) is 5.75 Å². The summed E-state index contributed by atoms with van der Waals surface area (Å²) < 4.78 is 11.1. The minimum atomic E-state index is -0.730. The predicted molar refractivity (Wildman–Crippen MR) is 146 cm³/mol. The van der Waals surface area contributed by atoms with E-state index in [1.165, 1.54) is 11.3 Å². The lowest BCUT2D eigenvalue weighted by Gasteiger charge is -2.18. The van der Waals surface area contributed by atoms with Crippen molar-refractivity contribution < 1.29 is 23.9 Å². The van der Waals surface area contributed by atoms with Crippen molar-refractivity contribution in [1.82, 2.24) is 0 Å². The van der Waals surface area contributed by atoms with Crippen LogP contribution in [0.2, 0.25) is 0 Å². The quantitative estimate of drug-likeness (QED) is 0.355. The van der Waals surface area contributed by atoms with Gasteiger partial charge in [0, 0.05) is 16.1 Å². The number of aryl methyl sites for hydroxylation is 1. The molecule has 0 radical (unpaired) electrons. The molecule has 0 aliphatic heterocycles. The molecule has 7 nitrogen and oxygen atoms in total. The van der Waals surface area contributed by atoms with Crippen molar-refractivity contribution in [3.05, 3.63) is 75.7 Å². The second-order valence-electron chi connectivity index (χ2n) is 9.32. The maximum Gasteiger partial charge on any atom is 0.341 e. The Bertz CT molecular complexity index is 1300. The average Bonchev–Trinajstić information content (AvgIpc) is 3.22. The molecule has 0 bridgehead atoms. The van der Waals surface area contributed by atoms with Crippen LogP contribution < -0.4 is 15.4 Å². The van der Waals surface area contributed by atoms with Crippen LogP contribution in [0.4, 0.5) is 10.7 Å². The smallest absolute Gasteiger partial charge is 0.341 e. The number of para-hydroxylation sites is 1. The van der Waals surface area contributed by atoms with Gasteiger partial charge in [-0.25, -0.2) is 4.79 Å². The first-order valence-corrected chi connectivity index (χ1v) is 13.3. The number of nitrogens with one attached hydrogen (secondary N) is 2. The van der Waals surface area contributed by atoms with E-state index in [0.717, 1.165) is 41.0 Å². The van der Waals surface area contributed by atoms with Crippen molar-refractivity contribution in [2.75, 3.05) is 17.2 Å². The number of fused-ring (bicyclic) bond motifs is 1. The number of hydrogen-bond acceptors (Lipinski definition) is 6. The third-order valence-corrected chi connectivity index (χ3v) is 7.59. The Morgan fingerprint density at radius 2 is 1.81 bits per heavy atom. The first-order valence-electron chi connectivity index (χ1n) is 12.5. The fraction of sp³-hybridized carbons (Fsp3) is 0.345. The van der Waals surface area contributed by atoms with Crippen molar-refractivity contribution >= 4 is 39.8 Å². The van der Waals surface area contributed by atoms with Gasteiger partial charge in [-0.3, -0.25) is 9.59 Å². The summed E-state index contributed by atoms with van der Waals surface area (Å²) in [6.07, 6.45) is 1.97. The van der Waals surface area contributed by atoms with Crippen LogP contribution in [0.5, 0.6) is 5.75 Å². The lowest BCUT2D eigenvalue weighted by molar-refractivity contribution is -0.122. The van der Waals surface area contributed by atoms with Crippen LogP contribution in [-0.2, 0) is 22.4 Å². The molecule has 2 unspecified atom stereocenters. The molecule has 1 heterocycles. The van der Waals surface area contributed by atoms with E-state index in [0.29, 0.717) is 27.8 Å². The van der Waals surface area contributed by atoms with Gasteiger partial charge in [-0.2, -0.15) is 0 Å². The molecular formula is C29H32N2O5S. The van der Waals surface area contributed by atoms with E-state index < -0.39 is 12.1 Å². The monoisotopic (exact) mass is 520 g/mol. The molecule has 2 atom stereocenters. The zero-order chi connectivity index (χ0) is 26.5. The maximum atomic E-state index is 13.0. The minimum absolute atomic E-state index is 0.265. The van der Waals surface area contributed by atoms with E-state index in [2.05, 4.69) is 17.6 Å². The number of anilines is 2. The van der Waals surface area contributed by atoms with Gasteiger partial charge in [0.15, 0.2) is 6.10 Å². The van der Waals surface area contributed by atoms with Gasteiger partial charge in [-0.15, -0.1) is 11.3 Å². The minimum Gasteiger partial charge on any atom is -0.481 e. The third-order valence-electron chi connectivity index (χ3n) is 6.42. The molecule has 194 valence electrons. The van der Waals surface area contributed by atoms with E-state index in [4.69, 9.17) is 9.47 Å². The molecule has 0 spiro atoms. The molecule has 0 saturated carbocycles. The molecule has 0 fully saturated rings. The highest BCUT2D eigenvalue weighted by molar-refractivity contribution is 7.17. The Labute approximate surface area is 221 Å². The van der Waals surface area contributed by atoms with Gasteiger partial charge in [0.1, 0.15) is 10.8 Å². The largest absolute Gasteiger partial charge is 0.481 e. The number of amides is 2. The number of benzene rings is 2. The van der Waals surface area contributed by atoms with Gasteiger partial charge < -0.3 is 20.1 Å². The van der Waals surface area contributed by atoms with Gasteiger partial charge >= 0.3 is 5.97 Å². The molecule has 2 aromatic carbocycles. The third kappa shape index (κ3) is 6.20. The summed E-state index contributed by atoms with van der Waals surface area (Å²) in [7, 11) is 0. The van der Waals surface area contributed by atoms with Gasteiger partial charge in [0.05, 0.1) is 12.2 Å². The Hall–Kier alpha value is -3.65. The Balaban J connectivity index is 1.43. The van der Waals surface area contributed by atoms with Crippen molar-refractivity contribution in [2.45, 2.75) is 53.1 Å².